The van der Waals surface area contributed by atoms with Crippen molar-refractivity contribution in [3.05, 3.63) is 23.8 Å². The molecular formula is C13H17NO3S. The summed E-state index contributed by atoms with van der Waals surface area (Å²) in [7, 11) is -3.07. The van der Waals surface area contributed by atoms with E-state index in [0.29, 0.717) is 24.3 Å². The Labute approximate surface area is 107 Å². The molecule has 0 saturated carbocycles. The van der Waals surface area contributed by atoms with E-state index in [1.807, 2.05) is 6.07 Å². The normalized spacial score (nSPS) is 16.9. The molecule has 18 heavy (non-hydrogen) atoms. The van der Waals surface area contributed by atoms with Gasteiger partial charge < -0.3 is 5.32 Å². The summed E-state index contributed by atoms with van der Waals surface area (Å²) >= 11 is 0. The van der Waals surface area contributed by atoms with Gasteiger partial charge in [-0.1, -0.05) is 0 Å². The van der Waals surface area contributed by atoms with Gasteiger partial charge in [0, 0.05) is 18.7 Å². The molecule has 98 valence electrons. The minimum atomic E-state index is -3.07. The van der Waals surface area contributed by atoms with E-state index < -0.39 is 9.84 Å². The summed E-state index contributed by atoms with van der Waals surface area (Å²) in [6, 6.07) is 5.31. The number of nitrogens with one attached hydrogen (secondary N) is 1. The van der Waals surface area contributed by atoms with E-state index in [4.69, 9.17) is 0 Å². The molecule has 1 aromatic rings. The average molecular weight is 267 g/mol. The first-order valence-corrected chi connectivity index (χ1v) is 7.73. The summed E-state index contributed by atoms with van der Waals surface area (Å²) in [5.74, 6) is 0.389. The maximum Gasteiger partial charge on any atom is 0.178 e. The molecular weight excluding hydrogens is 250 g/mol. The molecule has 2 rings (SSSR count). The number of hydrogen-bond acceptors (Lipinski definition) is 4. The maximum atomic E-state index is 11.8. The van der Waals surface area contributed by atoms with Crippen LogP contribution in [0.5, 0.6) is 0 Å². The highest BCUT2D eigenvalue weighted by Crippen LogP contribution is 2.27. The first kappa shape index (κ1) is 13.1. The quantitative estimate of drug-likeness (QED) is 0.903. The van der Waals surface area contributed by atoms with Crippen LogP contribution in [0.2, 0.25) is 0 Å². The number of fused-ring (bicyclic) bond motifs is 1. The lowest BCUT2D eigenvalue weighted by molar-refractivity contribution is -0.116. The Bertz CT molecular complexity index is 564. The van der Waals surface area contributed by atoms with Crippen LogP contribution >= 0.6 is 0 Å². The van der Waals surface area contributed by atoms with Crippen molar-refractivity contribution in [3.8, 4) is 0 Å². The molecule has 0 aromatic heterocycles. The molecule has 1 heterocycles. The van der Waals surface area contributed by atoms with Crippen LogP contribution in [0.1, 0.15) is 25.3 Å². The van der Waals surface area contributed by atoms with Crippen LogP contribution in [-0.2, 0) is 21.1 Å². The molecule has 0 spiro atoms. The van der Waals surface area contributed by atoms with E-state index in [0.717, 1.165) is 17.7 Å². The van der Waals surface area contributed by atoms with Crippen molar-refractivity contribution in [3.63, 3.8) is 0 Å². The van der Waals surface area contributed by atoms with Crippen molar-refractivity contribution in [1.82, 2.24) is 0 Å². The maximum absolute atomic E-state index is 11.8. The third-order valence-electron chi connectivity index (χ3n) is 3.06. The number of sulfone groups is 1. The number of ketones is 1. The van der Waals surface area contributed by atoms with Crippen LogP contribution in [0.15, 0.2) is 23.1 Å². The monoisotopic (exact) mass is 267 g/mol. The molecule has 5 heteroatoms. The SMILES string of the molecule is CC(=O)CCNc1ccc2c(c1)CCCS2(=O)=O. The molecule has 0 amide bonds. The van der Waals surface area contributed by atoms with Gasteiger partial charge in [0.15, 0.2) is 9.84 Å². The largest absolute Gasteiger partial charge is 0.385 e. The van der Waals surface area contributed by atoms with Crippen molar-refractivity contribution < 1.29 is 13.2 Å². The van der Waals surface area contributed by atoms with Gasteiger partial charge in [0.25, 0.3) is 0 Å². The molecule has 1 aromatic carbocycles. The number of rotatable bonds is 4. The highest BCUT2D eigenvalue weighted by molar-refractivity contribution is 7.91. The summed E-state index contributed by atoms with van der Waals surface area (Å²) in [6.45, 7) is 2.14. The Morgan fingerprint density at radius 2 is 2.17 bits per heavy atom. The van der Waals surface area contributed by atoms with E-state index in [2.05, 4.69) is 5.32 Å². The average Bonchev–Trinajstić information content (AvgIpc) is 2.27. The van der Waals surface area contributed by atoms with Gasteiger partial charge in [-0.05, 0) is 43.5 Å². The van der Waals surface area contributed by atoms with Crippen molar-refractivity contribution in [2.45, 2.75) is 31.1 Å². The summed E-state index contributed by atoms with van der Waals surface area (Å²) in [5.41, 5.74) is 1.76. The summed E-state index contributed by atoms with van der Waals surface area (Å²) in [6.07, 6.45) is 1.97. The highest BCUT2D eigenvalue weighted by atomic mass is 32.2. The van der Waals surface area contributed by atoms with Crippen molar-refractivity contribution in [2.24, 2.45) is 0 Å². The van der Waals surface area contributed by atoms with Crippen LogP contribution < -0.4 is 5.32 Å². The molecule has 0 saturated heterocycles. The zero-order valence-electron chi connectivity index (χ0n) is 10.4. The second-order valence-corrected chi connectivity index (χ2v) is 6.70. The second kappa shape index (κ2) is 5.10. The van der Waals surface area contributed by atoms with Gasteiger partial charge in [0.05, 0.1) is 10.6 Å². The summed E-state index contributed by atoms with van der Waals surface area (Å²) in [4.78, 5) is 11.3. The number of aryl methyl sites for hydroxylation is 1. The molecule has 0 unspecified atom stereocenters. The van der Waals surface area contributed by atoms with Crippen LogP contribution in [0, 0.1) is 0 Å². The van der Waals surface area contributed by atoms with Crippen LogP contribution in [-0.4, -0.2) is 26.5 Å². The Balaban J connectivity index is 2.15. The number of hydrogen-bond donors (Lipinski definition) is 1. The van der Waals surface area contributed by atoms with Crippen molar-refractivity contribution in [2.75, 3.05) is 17.6 Å². The summed E-state index contributed by atoms with van der Waals surface area (Å²) < 4.78 is 23.6. The lowest BCUT2D eigenvalue weighted by atomic mass is 10.1. The number of benzene rings is 1. The van der Waals surface area contributed by atoms with Gasteiger partial charge >= 0.3 is 0 Å². The van der Waals surface area contributed by atoms with E-state index in [-0.39, 0.29) is 11.5 Å². The van der Waals surface area contributed by atoms with Crippen LogP contribution in [0.4, 0.5) is 5.69 Å². The van der Waals surface area contributed by atoms with Crippen LogP contribution in [0.3, 0.4) is 0 Å². The zero-order valence-corrected chi connectivity index (χ0v) is 11.2. The summed E-state index contributed by atoms with van der Waals surface area (Å²) in [5, 5.41) is 3.14. The zero-order chi connectivity index (χ0) is 13.2. The fraction of sp³-hybridized carbons (Fsp3) is 0.462. The van der Waals surface area contributed by atoms with Gasteiger partial charge in [-0.2, -0.15) is 0 Å². The van der Waals surface area contributed by atoms with Crippen molar-refractivity contribution >= 4 is 21.3 Å². The van der Waals surface area contributed by atoms with Gasteiger partial charge in [-0.25, -0.2) is 8.42 Å². The van der Waals surface area contributed by atoms with Crippen molar-refractivity contribution in [1.29, 1.82) is 0 Å². The topological polar surface area (TPSA) is 63.2 Å². The van der Waals surface area contributed by atoms with E-state index >= 15 is 0 Å². The Morgan fingerprint density at radius 1 is 1.39 bits per heavy atom. The number of carbonyl (C=O) groups is 1. The fourth-order valence-corrected chi connectivity index (χ4v) is 3.71. The highest BCUT2D eigenvalue weighted by Gasteiger charge is 2.23. The first-order valence-electron chi connectivity index (χ1n) is 6.08. The van der Waals surface area contributed by atoms with Gasteiger partial charge in [0.1, 0.15) is 5.78 Å². The van der Waals surface area contributed by atoms with E-state index in [1.54, 1.807) is 19.1 Å². The third-order valence-corrected chi connectivity index (χ3v) is 4.96. The fourth-order valence-electron chi connectivity index (χ4n) is 2.13. The molecule has 4 nitrogen and oxygen atoms in total. The molecule has 0 fully saturated rings. The Kier molecular flexibility index (Phi) is 3.71. The Hall–Kier alpha value is -1.36. The minimum absolute atomic E-state index is 0.142. The second-order valence-electron chi connectivity index (χ2n) is 4.62. The molecule has 1 N–H and O–H groups in total. The number of carbonyl (C=O) groups excluding carboxylic acids is 1. The van der Waals surface area contributed by atoms with Gasteiger partial charge in [0.2, 0.25) is 0 Å². The number of Topliss-reactive ketones (excluding diaryl/α,β-unsaturated/α-hetero) is 1. The molecule has 0 atom stereocenters. The molecule has 0 bridgehead atoms. The molecule has 0 radical (unpaired) electrons. The van der Waals surface area contributed by atoms with E-state index in [9.17, 15) is 13.2 Å². The van der Waals surface area contributed by atoms with E-state index in [1.165, 1.54) is 0 Å². The van der Waals surface area contributed by atoms with Gasteiger partial charge in [-0.15, -0.1) is 0 Å². The van der Waals surface area contributed by atoms with Crippen LogP contribution in [0.25, 0.3) is 0 Å². The lowest BCUT2D eigenvalue weighted by Gasteiger charge is -2.17. The smallest absolute Gasteiger partial charge is 0.178 e. The standard InChI is InChI=1S/C13H17NO3S/c1-10(15)6-7-14-12-4-5-13-11(9-12)3-2-8-18(13,16)17/h4-5,9,14H,2-3,6-8H2,1H3. The molecule has 0 aliphatic carbocycles. The predicted octanol–water partition coefficient (Wildman–Crippen LogP) is 1.80. The Morgan fingerprint density at radius 3 is 2.89 bits per heavy atom. The van der Waals surface area contributed by atoms with Gasteiger partial charge in [-0.3, -0.25) is 4.79 Å². The minimum Gasteiger partial charge on any atom is -0.385 e. The lowest BCUT2D eigenvalue weighted by Crippen LogP contribution is -2.16. The molecule has 1 aliphatic rings. The first-order chi connectivity index (χ1) is 8.49. The number of anilines is 1. The predicted molar refractivity (Wildman–Crippen MR) is 70.6 cm³/mol. The third kappa shape index (κ3) is 2.90. The molecule has 1 aliphatic heterocycles.